The lowest BCUT2D eigenvalue weighted by atomic mass is 10.0. The number of hydrogen-bond acceptors (Lipinski definition) is 4. The zero-order valence-electron chi connectivity index (χ0n) is 19.0. The van der Waals surface area contributed by atoms with E-state index in [9.17, 15) is 13.2 Å². The Bertz CT molecular complexity index is 906. The summed E-state index contributed by atoms with van der Waals surface area (Å²) in [4.78, 5) is 12.2. The van der Waals surface area contributed by atoms with E-state index in [1.165, 1.54) is 57.8 Å². The van der Waals surface area contributed by atoms with Crippen molar-refractivity contribution >= 4 is 27.5 Å². The van der Waals surface area contributed by atoms with E-state index in [0.29, 0.717) is 10.6 Å². The van der Waals surface area contributed by atoms with Gasteiger partial charge in [-0.3, -0.25) is 8.98 Å². The number of Topliss-reactive ketones (excluding diaryl/α,β-unsaturated/α-hetero) is 1. The summed E-state index contributed by atoms with van der Waals surface area (Å²) < 4.78 is 29.7. The number of aryl methyl sites for hydroxylation is 1. The molecule has 0 saturated carbocycles. The number of ketones is 1. The Morgan fingerprint density at radius 3 is 1.88 bits per heavy atom. The van der Waals surface area contributed by atoms with Gasteiger partial charge in [-0.2, -0.15) is 8.42 Å². The van der Waals surface area contributed by atoms with Gasteiger partial charge in [0.1, 0.15) is 6.61 Å². The van der Waals surface area contributed by atoms with E-state index in [1.54, 1.807) is 36.4 Å². The summed E-state index contributed by atoms with van der Waals surface area (Å²) in [6.07, 6.45) is 13.9. The van der Waals surface area contributed by atoms with Crippen molar-refractivity contribution in [2.24, 2.45) is 0 Å². The molecule has 0 spiro atoms. The average Bonchev–Trinajstić information content (AvgIpc) is 2.79. The molecule has 0 fully saturated rings. The van der Waals surface area contributed by atoms with Crippen molar-refractivity contribution in [1.82, 2.24) is 0 Å². The number of hydrogen-bond donors (Lipinski definition) is 0. The van der Waals surface area contributed by atoms with Crippen LogP contribution < -0.4 is 0 Å². The Hall–Kier alpha value is -1.69. The van der Waals surface area contributed by atoms with Crippen LogP contribution in [0.4, 0.5) is 0 Å². The lowest BCUT2D eigenvalue weighted by Crippen LogP contribution is -2.14. The number of benzene rings is 2. The van der Waals surface area contributed by atoms with Gasteiger partial charge in [-0.25, -0.2) is 0 Å². The maximum Gasteiger partial charge on any atom is 0.297 e. The first-order chi connectivity index (χ1) is 15.4. The third-order valence-corrected chi connectivity index (χ3v) is 7.07. The van der Waals surface area contributed by atoms with Crippen LogP contribution in [-0.2, 0) is 20.7 Å². The topological polar surface area (TPSA) is 60.4 Å². The molecule has 0 radical (unpaired) electrons. The predicted molar refractivity (Wildman–Crippen MR) is 131 cm³/mol. The van der Waals surface area contributed by atoms with Gasteiger partial charge in [-0.1, -0.05) is 88.4 Å². The normalized spacial score (nSPS) is 11.6. The van der Waals surface area contributed by atoms with Gasteiger partial charge in [0.2, 0.25) is 0 Å². The van der Waals surface area contributed by atoms with Gasteiger partial charge in [0.15, 0.2) is 5.78 Å². The molecule has 4 nitrogen and oxygen atoms in total. The van der Waals surface area contributed by atoms with Crippen LogP contribution in [0.1, 0.15) is 87.1 Å². The van der Waals surface area contributed by atoms with Crippen molar-refractivity contribution in [3.05, 3.63) is 64.7 Å². The highest BCUT2D eigenvalue weighted by Crippen LogP contribution is 2.17. The number of unbranched alkanes of at least 4 members (excludes halogenated alkanes) is 9. The molecule has 0 amide bonds. The molecule has 32 heavy (non-hydrogen) atoms. The first-order valence-corrected chi connectivity index (χ1v) is 13.5. The SMILES string of the molecule is CCCCCCCCCCCCc1ccc(S(=O)(=O)OCC(=O)c2ccc(Cl)cc2)cc1. The summed E-state index contributed by atoms with van der Waals surface area (Å²) in [6, 6.07) is 13.0. The van der Waals surface area contributed by atoms with Crippen molar-refractivity contribution in [3.8, 4) is 0 Å². The Balaban J connectivity index is 1.68. The largest absolute Gasteiger partial charge is 0.297 e. The van der Waals surface area contributed by atoms with Crippen LogP contribution in [0.3, 0.4) is 0 Å². The number of carbonyl (C=O) groups excluding carboxylic acids is 1. The molecule has 0 unspecified atom stereocenters. The molecule has 0 saturated heterocycles. The zero-order valence-corrected chi connectivity index (χ0v) is 20.6. The van der Waals surface area contributed by atoms with Crippen LogP contribution in [0.2, 0.25) is 5.02 Å². The molecule has 6 heteroatoms. The lowest BCUT2D eigenvalue weighted by Gasteiger charge is -2.07. The Morgan fingerprint density at radius 2 is 1.31 bits per heavy atom. The van der Waals surface area contributed by atoms with Crippen LogP contribution >= 0.6 is 11.6 Å². The van der Waals surface area contributed by atoms with Gasteiger partial charge < -0.3 is 0 Å². The minimum absolute atomic E-state index is 0.0632. The maximum absolute atomic E-state index is 12.4. The first-order valence-electron chi connectivity index (χ1n) is 11.7. The van der Waals surface area contributed by atoms with Gasteiger partial charge in [-0.15, -0.1) is 0 Å². The number of carbonyl (C=O) groups is 1. The van der Waals surface area contributed by atoms with E-state index in [0.717, 1.165) is 18.4 Å². The van der Waals surface area contributed by atoms with E-state index in [1.807, 2.05) is 12.1 Å². The quantitative estimate of drug-likeness (QED) is 0.143. The fourth-order valence-corrected chi connectivity index (χ4v) is 4.55. The fourth-order valence-electron chi connectivity index (χ4n) is 3.56. The molecule has 0 aliphatic rings. The second kappa shape index (κ2) is 14.5. The monoisotopic (exact) mass is 478 g/mol. The first kappa shape index (κ1) is 26.6. The molecule has 2 rings (SSSR count). The Kier molecular flexibility index (Phi) is 12.0. The standard InChI is InChI=1S/C26H35ClO4S/c1-2-3-4-5-6-7-8-9-10-11-12-22-13-19-25(20-14-22)32(29,30)31-21-26(28)23-15-17-24(27)18-16-23/h13-20H,2-12,21H2,1H3. The Morgan fingerprint density at radius 1 is 0.781 bits per heavy atom. The molecule has 0 atom stereocenters. The van der Waals surface area contributed by atoms with Gasteiger partial charge >= 0.3 is 0 Å². The minimum atomic E-state index is -3.98. The highest BCUT2D eigenvalue weighted by molar-refractivity contribution is 7.86. The van der Waals surface area contributed by atoms with Gasteiger partial charge in [0, 0.05) is 10.6 Å². The van der Waals surface area contributed by atoms with Crippen LogP contribution in [0.5, 0.6) is 0 Å². The smallest absolute Gasteiger partial charge is 0.291 e. The van der Waals surface area contributed by atoms with E-state index >= 15 is 0 Å². The molecule has 0 aromatic heterocycles. The van der Waals surface area contributed by atoms with Crippen LogP contribution in [0.25, 0.3) is 0 Å². The second-order valence-corrected chi connectivity index (χ2v) is 10.3. The lowest BCUT2D eigenvalue weighted by molar-refractivity contribution is 0.0924. The van der Waals surface area contributed by atoms with Crippen molar-refractivity contribution in [2.75, 3.05) is 6.61 Å². The van der Waals surface area contributed by atoms with Crippen LogP contribution in [0.15, 0.2) is 53.4 Å². The van der Waals surface area contributed by atoms with E-state index < -0.39 is 22.5 Å². The molecule has 0 bridgehead atoms. The molecule has 0 aliphatic heterocycles. The van der Waals surface area contributed by atoms with Crippen molar-refractivity contribution < 1.29 is 17.4 Å². The van der Waals surface area contributed by atoms with E-state index in [4.69, 9.17) is 15.8 Å². The number of halogens is 1. The molecule has 0 heterocycles. The summed E-state index contributed by atoms with van der Waals surface area (Å²) in [5, 5.41) is 0.507. The molecule has 0 N–H and O–H groups in total. The molecular formula is C26H35ClO4S. The van der Waals surface area contributed by atoms with Gasteiger partial charge in [0.25, 0.3) is 10.1 Å². The molecular weight excluding hydrogens is 444 g/mol. The summed E-state index contributed by atoms with van der Waals surface area (Å²) in [6.45, 7) is 1.71. The van der Waals surface area contributed by atoms with Crippen molar-refractivity contribution in [1.29, 1.82) is 0 Å². The predicted octanol–water partition coefficient (Wildman–Crippen LogP) is 7.39. The highest BCUT2D eigenvalue weighted by Gasteiger charge is 2.18. The van der Waals surface area contributed by atoms with Crippen molar-refractivity contribution in [2.45, 2.75) is 82.4 Å². The third-order valence-electron chi connectivity index (χ3n) is 5.54. The molecule has 2 aromatic carbocycles. The highest BCUT2D eigenvalue weighted by atomic mass is 35.5. The fraction of sp³-hybridized carbons (Fsp3) is 0.500. The second-order valence-electron chi connectivity index (χ2n) is 8.22. The summed E-state index contributed by atoms with van der Waals surface area (Å²) in [7, 11) is -3.98. The van der Waals surface area contributed by atoms with Crippen LogP contribution in [-0.4, -0.2) is 20.8 Å². The molecule has 2 aromatic rings. The average molecular weight is 479 g/mol. The summed E-state index contributed by atoms with van der Waals surface area (Å²) in [5.41, 5.74) is 1.47. The van der Waals surface area contributed by atoms with Gasteiger partial charge in [-0.05, 0) is 54.8 Å². The van der Waals surface area contributed by atoms with Crippen molar-refractivity contribution in [3.63, 3.8) is 0 Å². The minimum Gasteiger partial charge on any atom is -0.291 e. The third kappa shape index (κ3) is 9.85. The van der Waals surface area contributed by atoms with Crippen LogP contribution in [0, 0.1) is 0 Å². The van der Waals surface area contributed by atoms with E-state index in [2.05, 4.69) is 6.92 Å². The zero-order chi connectivity index (χ0) is 23.2. The number of rotatable bonds is 16. The van der Waals surface area contributed by atoms with Gasteiger partial charge in [0.05, 0.1) is 4.90 Å². The molecule has 176 valence electrons. The van der Waals surface area contributed by atoms with E-state index in [-0.39, 0.29) is 4.90 Å². The summed E-state index contributed by atoms with van der Waals surface area (Å²) in [5.74, 6) is -0.414. The maximum atomic E-state index is 12.4. The Labute approximate surface area is 198 Å². The molecule has 0 aliphatic carbocycles. The summed E-state index contributed by atoms with van der Waals surface area (Å²) >= 11 is 5.80.